The molecule has 0 aromatic heterocycles. The maximum atomic E-state index is 12.1. The Hall–Kier alpha value is -1.63. The van der Waals surface area contributed by atoms with Crippen molar-refractivity contribution in [1.29, 1.82) is 0 Å². The number of aliphatic hydroxyl groups is 1. The molecule has 0 heterocycles. The van der Waals surface area contributed by atoms with Crippen molar-refractivity contribution in [2.45, 2.75) is 0 Å². The van der Waals surface area contributed by atoms with Crippen molar-refractivity contribution in [2.24, 2.45) is 5.84 Å². The lowest BCUT2D eigenvalue weighted by Crippen LogP contribution is -2.36. The standard InChI is InChI=1S/C12H19N3O3/c1-18-9-7-15(6-8-16)12(17)10-2-4-11(14-13)5-3-10/h2-5,14,16H,6-9,13H2,1H3. The number of hydrogen-bond acceptors (Lipinski definition) is 5. The monoisotopic (exact) mass is 253 g/mol. The first-order valence-corrected chi connectivity index (χ1v) is 5.68. The fourth-order valence-electron chi connectivity index (χ4n) is 1.53. The van der Waals surface area contributed by atoms with Gasteiger partial charge in [-0.15, -0.1) is 0 Å². The second kappa shape index (κ2) is 7.65. The highest BCUT2D eigenvalue weighted by molar-refractivity contribution is 5.94. The van der Waals surface area contributed by atoms with Crippen LogP contribution in [0.3, 0.4) is 0 Å². The van der Waals surface area contributed by atoms with E-state index >= 15 is 0 Å². The molecule has 0 saturated heterocycles. The van der Waals surface area contributed by atoms with Crippen LogP contribution < -0.4 is 11.3 Å². The summed E-state index contributed by atoms with van der Waals surface area (Å²) in [4.78, 5) is 13.7. The lowest BCUT2D eigenvalue weighted by molar-refractivity contribution is 0.0656. The number of nitrogens with zero attached hydrogens (tertiary/aromatic N) is 1. The number of amides is 1. The number of hydrazine groups is 1. The molecule has 0 atom stereocenters. The summed E-state index contributed by atoms with van der Waals surface area (Å²) >= 11 is 0. The second-order valence-electron chi connectivity index (χ2n) is 3.73. The van der Waals surface area contributed by atoms with Gasteiger partial charge in [0.05, 0.1) is 13.2 Å². The Morgan fingerprint density at radius 3 is 2.56 bits per heavy atom. The normalized spacial score (nSPS) is 10.2. The third-order valence-corrected chi connectivity index (χ3v) is 2.52. The topological polar surface area (TPSA) is 87.8 Å². The molecule has 0 aliphatic carbocycles. The van der Waals surface area contributed by atoms with E-state index in [1.807, 2.05) is 0 Å². The molecule has 6 heteroatoms. The maximum Gasteiger partial charge on any atom is 0.254 e. The van der Waals surface area contributed by atoms with Crippen LogP contribution in [0.2, 0.25) is 0 Å². The molecule has 0 spiro atoms. The summed E-state index contributed by atoms with van der Waals surface area (Å²) in [5, 5.41) is 8.95. The maximum absolute atomic E-state index is 12.1. The quantitative estimate of drug-likeness (QED) is 0.472. The van der Waals surface area contributed by atoms with E-state index in [1.54, 1.807) is 36.3 Å². The molecule has 100 valence electrons. The third kappa shape index (κ3) is 3.99. The molecule has 1 amide bonds. The van der Waals surface area contributed by atoms with E-state index in [4.69, 9.17) is 15.7 Å². The van der Waals surface area contributed by atoms with E-state index < -0.39 is 0 Å². The number of ether oxygens (including phenoxy) is 1. The number of aliphatic hydroxyl groups excluding tert-OH is 1. The Balaban J connectivity index is 2.73. The van der Waals surface area contributed by atoms with Crippen LogP contribution in [0.1, 0.15) is 10.4 Å². The number of carbonyl (C=O) groups is 1. The smallest absolute Gasteiger partial charge is 0.254 e. The zero-order chi connectivity index (χ0) is 13.4. The Morgan fingerprint density at radius 1 is 1.39 bits per heavy atom. The van der Waals surface area contributed by atoms with Crippen LogP contribution in [0.15, 0.2) is 24.3 Å². The second-order valence-corrected chi connectivity index (χ2v) is 3.73. The van der Waals surface area contributed by atoms with Gasteiger partial charge in [0.25, 0.3) is 5.91 Å². The molecule has 1 aromatic rings. The molecule has 0 bridgehead atoms. The predicted octanol–water partition coefficient (Wildman–Crippen LogP) is 0.0531. The molecule has 6 nitrogen and oxygen atoms in total. The Morgan fingerprint density at radius 2 is 2.06 bits per heavy atom. The van der Waals surface area contributed by atoms with Crippen LogP contribution in [0.4, 0.5) is 5.69 Å². The van der Waals surface area contributed by atoms with Crippen molar-refractivity contribution in [2.75, 3.05) is 38.8 Å². The molecule has 0 radical (unpaired) electrons. The van der Waals surface area contributed by atoms with E-state index in [0.29, 0.717) is 25.3 Å². The highest BCUT2D eigenvalue weighted by atomic mass is 16.5. The van der Waals surface area contributed by atoms with Crippen molar-refractivity contribution in [3.05, 3.63) is 29.8 Å². The van der Waals surface area contributed by atoms with Gasteiger partial charge in [-0.2, -0.15) is 0 Å². The minimum Gasteiger partial charge on any atom is -0.395 e. The van der Waals surface area contributed by atoms with Gasteiger partial charge >= 0.3 is 0 Å². The Labute approximate surface area is 106 Å². The van der Waals surface area contributed by atoms with Crippen molar-refractivity contribution >= 4 is 11.6 Å². The molecule has 0 aliphatic rings. The molecule has 0 fully saturated rings. The van der Waals surface area contributed by atoms with E-state index in [-0.39, 0.29) is 12.5 Å². The summed E-state index contributed by atoms with van der Waals surface area (Å²) in [5.74, 6) is 5.12. The largest absolute Gasteiger partial charge is 0.395 e. The molecule has 0 unspecified atom stereocenters. The molecule has 0 saturated carbocycles. The van der Waals surface area contributed by atoms with E-state index in [2.05, 4.69) is 5.43 Å². The highest BCUT2D eigenvalue weighted by Crippen LogP contribution is 2.10. The molecular weight excluding hydrogens is 234 g/mol. The number of hydrogen-bond donors (Lipinski definition) is 3. The summed E-state index contributed by atoms with van der Waals surface area (Å²) in [7, 11) is 1.57. The van der Waals surface area contributed by atoms with Crippen LogP contribution >= 0.6 is 0 Å². The van der Waals surface area contributed by atoms with Gasteiger partial charge in [-0.3, -0.25) is 10.6 Å². The van der Waals surface area contributed by atoms with E-state index in [0.717, 1.165) is 5.69 Å². The lowest BCUT2D eigenvalue weighted by atomic mass is 10.2. The van der Waals surface area contributed by atoms with Crippen molar-refractivity contribution in [3.63, 3.8) is 0 Å². The van der Waals surface area contributed by atoms with Crippen molar-refractivity contribution in [3.8, 4) is 0 Å². The number of methoxy groups -OCH3 is 1. The van der Waals surface area contributed by atoms with Crippen LogP contribution in [-0.2, 0) is 4.74 Å². The first-order chi connectivity index (χ1) is 8.72. The lowest BCUT2D eigenvalue weighted by Gasteiger charge is -2.21. The Bertz CT molecular complexity index is 367. The van der Waals surface area contributed by atoms with Gasteiger partial charge in [0.2, 0.25) is 0 Å². The summed E-state index contributed by atoms with van der Waals surface area (Å²) in [6.07, 6.45) is 0. The van der Waals surface area contributed by atoms with Gasteiger partial charge in [0.15, 0.2) is 0 Å². The van der Waals surface area contributed by atoms with Crippen LogP contribution in [0.5, 0.6) is 0 Å². The summed E-state index contributed by atoms with van der Waals surface area (Å²) in [6.45, 7) is 1.11. The number of rotatable bonds is 7. The molecule has 1 rings (SSSR count). The van der Waals surface area contributed by atoms with Crippen molar-refractivity contribution in [1.82, 2.24) is 4.90 Å². The van der Waals surface area contributed by atoms with Crippen LogP contribution in [0, 0.1) is 0 Å². The zero-order valence-electron chi connectivity index (χ0n) is 10.4. The van der Waals surface area contributed by atoms with E-state index in [9.17, 15) is 4.79 Å². The number of nitrogens with one attached hydrogen (secondary N) is 1. The number of nitrogens with two attached hydrogens (primary N) is 1. The number of anilines is 1. The average Bonchev–Trinajstić information content (AvgIpc) is 2.43. The summed E-state index contributed by atoms with van der Waals surface area (Å²) in [6, 6.07) is 6.82. The third-order valence-electron chi connectivity index (χ3n) is 2.52. The minimum atomic E-state index is -0.135. The summed E-state index contributed by atoms with van der Waals surface area (Å²) in [5.41, 5.74) is 3.78. The highest BCUT2D eigenvalue weighted by Gasteiger charge is 2.14. The zero-order valence-corrected chi connectivity index (χ0v) is 10.4. The van der Waals surface area contributed by atoms with Gasteiger partial charge in [0, 0.05) is 31.5 Å². The van der Waals surface area contributed by atoms with Crippen LogP contribution in [-0.4, -0.2) is 49.3 Å². The fourth-order valence-corrected chi connectivity index (χ4v) is 1.53. The minimum absolute atomic E-state index is 0.0715. The first-order valence-electron chi connectivity index (χ1n) is 5.68. The Kier molecular flexibility index (Phi) is 6.13. The molecule has 1 aromatic carbocycles. The van der Waals surface area contributed by atoms with Gasteiger partial charge in [0.1, 0.15) is 0 Å². The van der Waals surface area contributed by atoms with E-state index in [1.165, 1.54) is 0 Å². The molecular formula is C12H19N3O3. The summed E-state index contributed by atoms with van der Waals surface area (Å²) < 4.78 is 4.94. The van der Waals surface area contributed by atoms with Crippen LogP contribution in [0.25, 0.3) is 0 Å². The number of carbonyl (C=O) groups excluding carboxylic acids is 1. The van der Waals surface area contributed by atoms with Gasteiger partial charge in [-0.05, 0) is 24.3 Å². The number of nitrogen functional groups attached to an aromatic ring is 1. The molecule has 0 aliphatic heterocycles. The van der Waals surface area contributed by atoms with Gasteiger partial charge < -0.3 is 20.2 Å². The average molecular weight is 253 g/mol. The molecule has 18 heavy (non-hydrogen) atoms. The van der Waals surface area contributed by atoms with Gasteiger partial charge in [-0.1, -0.05) is 0 Å². The van der Waals surface area contributed by atoms with Crippen molar-refractivity contribution < 1.29 is 14.6 Å². The fraction of sp³-hybridized carbons (Fsp3) is 0.417. The SMILES string of the molecule is COCCN(CCO)C(=O)c1ccc(NN)cc1. The number of benzene rings is 1. The molecule has 4 N–H and O–H groups in total. The first kappa shape index (κ1) is 14.4. The van der Waals surface area contributed by atoms with Gasteiger partial charge in [-0.25, -0.2) is 0 Å². The predicted molar refractivity (Wildman–Crippen MR) is 69.1 cm³/mol.